The maximum atomic E-state index is 4.26. The van der Waals surface area contributed by atoms with Gasteiger partial charge in [0.1, 0.15) is 8.07 Å². The molecule has 3 aromatic rings. The SMILES string of the molecule is c1ccc([Si](Cn2ccnc2)(c2ccccc2)C2CC2)cc1. The van der Waals surface area contributed by atoms with E-state index in [1.807, 2.05) is 12.5 Å². The van der Waals surface area contributed by atoms with Crippen molar-refractivity contribution in [3.8, 4) is 0 Å². The zero-order valence-electron chi connectivity index (χ0n) is 12.6. The minimum absolute atomic E-state index is 0.847. The van der Waals surface area contributed by atoms with Crippen LogP contribution in [0.25, 0.3) is 0 Å². The van der Waals surface area contributed by atoms with Crippen molar-refractivity contribution in [1.29, 1.82) is 0 Å². The molecule has 4 rings (SSSR count). The summed E-state index contributed by atoms with van der Waals surface area (Å²) in [6.07, 6.45) is 9.79. The molecule has 1 aromatic heterocycles. The molecule has 1 aliphatic rings. The summed E-state index contributed by atoms with van der Waals surface area (Å²) in [5.41, 5.74) is 0.847. The van der Waals surface area contributed by atoms with Gasteiger partial charge in [0.25, 0.3) is 0 Å². The summed E-state index contributed by atoms with van der Waals surface area (Å²) in [6, 6.07) is 22.4. The van der Waals surface area contributed by atoms with Gasteiger partial charge in [0.05, 0.1) is 6.33 Å². The van der Waals surface area contributed by atoms with Crippen LogP contribution in [0.5, 0.6) is 0 Å². The van der Waals surface area contributed by atoms with Gasteiger partial charge in [0.15, 0.2) is 0 Å². The van der Waals surface area contributed by atoms with Gasteiger partial charge < -0.3 is 4.57 Å². The fraction of sp³-hybridized carbons (Fsp3) is 0.211. The highest BCUT2D eigenvalue weighted by Gasteiger charge is 2.50. The Hall–Kier alpha value is -2.13. The largest absolute Gasteiger partial charge is 0.340 e. The van der Waals surface area contributed by atoms with E-state index in [0.717, 1.165) is 11.7 Å². The van der Waals surface area contributed by atoms with Gasteiger partial charge in [-0.25, -0.2) is 4.98 Å². The van der Waals surface area contributed by atoms with E-state index >= 15 is 0 Å². The molecule has 22 heavy (non-hydrogen) atoms. The second kappa shape index (κ2) is 5.58. The van der Waals surface area contributed by atoms with Gasteiger partial charge in [-0.15, -0.1) is 0 Å². The second-order valence-electron chi connectivity index (χ2n) is 6.21. The van der Waals surface area contributed by atoms with Crippen LogP contribution >= 0.6 is 0 Å². The molecule has 0 radical (unpaired) electrons. The Labute approximate surface area is 132 Å². The van der Waals surface area contributed by atoms with Crippen LogP contribution in [0.15, 0.2) is 79.4 Å². The van der Waals surface area contributed by atoms with E-state index in [2.05, 4.69) is 76.4 Å². The Morgan fingerprint density at radius 2 is 1.50 bits per heavy atom. The Balaban J connectivity index is 1.89. The van der Waals surface area contributed by atoms with Crippen molar-refractivity contribution in [2.75, 3.05) is 0 Å². The highest BCUT2D eigenvalue weighted by Crippen LogP contribution is 2.45. The van der Waals surface area contributed by atoms with E-state index in [9.17, 15) is 0 Å². The van der Waals surface area contributed by atoms with Crippen molar-refractivity contribution >= 4 is 18.4 Å². The monoisotopic (exact) mass is 304 g/mol. The molecule has 0 saturated heterocycles. The molecule has 0 aliphatic heterocycles. The number of hydrogen-bond acceptors (Lipinski definition) is 1. The molecule has 1 fully saturated rings. The van der Waals surface area contributed by atoms with Crippen LogP contribution in [0.1, 0.15) is 12.8 Å². The third kappa shape index (κ3) is 2.31. The summed E-state index contributed by atoms with van der Waals surface area (Å²) in [6.45, 7) is 0. The number of benzene rings is 2. The highest BCUT2D eigenvalue weighted by molar-refractivity contribution is 7.03. The van der Waals surface area contributed by atoms with Crippen LogP contribution in [-0.2, 0) is 6.17 Å². The van der Waals surface area contributed by atoms with E-state index in [1.54, 1.807) is 10.4 Å². The van der Waals surface area contributed by atoms with Gasteiger partial charge in [-0.2, -0.15) is 0 Å². The molecule has 0 amide bonds. The summed E-state index contributed by atoms with van der Waals surface area (Å²) < 4.78 is 2.28. The summed E-state index contributed by atoms with van der Waals surface area (Å²) >= 11 is 0. The van der Waals surface area contributed by atoms with Gasteiger partial charge in [0.2, 0.25) is 0 Å². The predicted octanol–water partition coefficient (Wildman–Crippen LogP) is 2.85. The Kier molecular flexibility index (Phi) is 3.43. The highest BCUT2D eigenvalue weighted by atomic mass is 28.3. The van der Waals surface area contributed by atoms with E-state index in [0.29, 0.717) is 0 Å². The fourth-order valence-electron chi connectivity index (χ4n) is 3.67. The van der Waals surface area contributed by atoms with Crippen molar-refractivity contribution in [2.45, 2.75) is 24.6 Å². The number of aromatic nitrogens is 2. The summed E-state index contributed by atoms with van der Waals surface area (Å²) in [5.74, 6) is 0. The second-order valence-corrected chi connectivity index (χ2v) is 10.4. The Bertz CT molecular complexity index is 679. The topological polar surface area (TPSA) is 17.8 Å². The maximum Gasteiger partial charge on any atom is 0.140 e. The average Bonchev–Trinajstić information content (AvgIpc) is 3.32. The van der Waals surface area contributed by atoms with Crippen LogP contribution in [0.2, 0.25) is 5.54 Å². The molecule has 0 atom stereocenters. The third-order valence-electron chi connectivity index (χ3n) is 4.84. The predicted molar refractivity (Wildman–Crippen MR) is 93.1 cm³/mol. The Morgan fingerprint density at radius 1 is 0.909 bits per heavy atom. The normalized spacial score (nSPS) is 14.9. The molecule has 1 heterocycles. The van der Waals surface area contributed by atoms with Crippen LogP contribution in [0.4, 0.5) is 0 Å². The summed E-state index contributed by atoms with van der Waals surface area (Å²) in [7, 11) is -1.80. The number of hydrogen-bond donors (Lipinski definition) is 0. The average molecular weight is 304 g/mol. The molecule has 110 valence electrons. The molecule has 1 saturated carbocycles. The standard InChI is InChI=1S/C19H20N2Si/c1-3-7-17(8-4-1)22(19-11-12-19,16-21-14-13-20-15-21)18-9-5-2-6-10-18/h1-10,13-15,19H,11-12,16H2. The van der Waals surface area contributed by atoms with Crippen molar-refractivity contribution < 1.29 is 0 Å². The van der Waals surface area contributed by atoms with Crippen LogP contribution in [0.3, 0.4) is 0 Å². The van der Waals surface area contributed by atoms with Gasteiger partial charge >= 0.3 is 0 Å². The fourth-order valence-corrected chi connectivity index (χ4v) is 9.05. The molecule has 0 bridgehead atoms. The first-order valence-electron chi connectivity index (χ1n) is 7.96. The first kappa shape index (κ1) is 13.5. The number of nitrogens with zero attached hydrogens (tertiary/aromatic N) is 2. The lowest BCUT2D eigenvalue weighted by atomic mass is 10.4. The maximum absolute atomic E-state index is 4.26. The zero-order chi connectivity index (χ0) is 14.8. The number of rotatable bonds is 5. The molecule has 0 unspecified atom stereocenters. The van der Waals surface area contributed by atoms with Crippen molar-refractivity contribution in [2.24, 2.45) is 0 Å². The van der Waals surface area contributed by atoms with Gasteiger partial charge in [0, 0.05) is 18.6 Å². The summed E-state index contributed by atoms with van der Waals surface area (Å²) in [5, 5.41) is 3.11. The first-order valence-corrected chi connectivity index (χ1v) is 10.2. The molecule has 2 aromatic carbocycles. The van der Waals surface area contributed by atoms with E-state index in [1.165, 1.54) is 12.8 Å². The van der Waals surface area contributed by atoms with Crippen molar-refractivity contribution in [1.82, 2.24) is 9.55 Å². The van der Waals surface area contributed by atoms with Gasteiger partial charge in [-0.05, 0) is 5.54 Å². The third-order valence-corrected chi connectivity index (χ3v) is 10.4. The molecule has 3 heteroatoms. The molecular weight excluding hydrogens is 284 g/mol. The van der Waals surface area contributed by atoms with Gasteiger partial charge in [-0.1, -0.05) is 83.9 Å². The first-order chi connectivity index (χ1) is 10.9. The van der Waals surface area contributed by atoms with Crippen LogP contribution in [0, 0.1) is 0 Å². The Morgan fingerprint density at radius 3 is 1.95 bits per heavy atom. The molecule has 0 N–H and O–H groups in total. The number of imidazole rings is 1. The lowest BCUT2D eigenvalue weighted by Gasteiger charge is -2.33. The zero-order valence-corrected chi connectivity index (χ0v) is 13.6. The van der Waals surface area contributed by atoms with E-state index < -0.39 is 8.07 Å². The quantitative estimate of drug-likeness (QED) is 0.663. The van der Waals surface area contributed by atoms with E-state index in [4.69, 9.17) is 0 Å². The lowest BCUT2D eigenvalue weighted by molar-refractivity contribution is 0.849. The molecular formula is C19H20N2Si. The summed E-state index contributed by atoms with van der Waals surface area (Å²) in [4.78, 5) is 4.26. The van der Waals surface area contributed by atoms with Crippen LogP contribution in [-0.4, -0.2) is 17.6 Å². The molecule has 0 spiro atoms. The lowest BCUT2D eigenvalue weighted by Crippen LogP contribution is -2.62. The van der Waals surface area contributed by atoms with Crippen LogP contribution < -0.4 is 10.4 Å². The minimum Gasteiger partial charge on any atom is -0.340 e. The van der Waals surface area contributed by atoms with E-state index in [-0.39, 0.29) is 0 Å². The van der Waals surface area contributed by atoms with Crippen molar-refractivity contribution in [3.63, 3.8) is 0 Å². The minimum atomic E-state index is -1.80. The smallest absolute Gasteiger partial charge is 0.140 e. The van der Waals surface area contributed by atoms with Gasteiger partial charge in [-0.3, -0.25) is 0 Å². The molecule has 2 nitrogen and oxygen atoms in total. The van der Waals surface area contributed by atoms with Crippen molar-refractivity contribution in [3.05, 3.63) is 79.4 Å². The molecule has 1 aliphatic carbocycles.